The summed E-state index contributed by atoms with van der Waals surface area (Å²) >= 11 is 0. The molecule has 0 saturated heterocycles. The number of nitrogens with zero attached hydrogens (tertiary/aromatic N) is 2. The van der Waals surface area contributed by atoms with Crippen LogP contribution >= 0.6 is 0 Å². The molecule has 0 spiro atoms. The van der Waals surface area contributed by atoms with E-state index in [0.717, 1.165) is 41.0 Å². The second-order valence-corrected chi connectivity index (χ2v) is 8.08. The minimum Gasteiger partial charge on any atom is -0.491 e. The van der Waals surface area contributed by atoms with Crippen molar-refractivity contribution in [1.82, 2.24) is 14.9 Å². The lowest BCUT2D eigenvalue weighted by atomic mass is 10.1. The van der Waals surface area contributed by atoms with E-state index in [-0.39, 0.29) is 11.7 Å². The number of nitrogens with one attached hydrogen (secondary N) is 1. The molecule has 4 rings (SSSR count). The average molecular weight is 446 g/mol. The zero-order valence-electron chi connectivity index (χ0n) is 19.0. The van der Waals surface area contributed by atoms with E-state index in [4.69, 9.17) is 9.72 Å². The number of imidazole rings is 1. The Balaban J connectivity index is 1.38. The molecule has 0 fully saturated rings. The fraction of sp³-hybridized carbons (Fsp3) is 0.259. The van der Waals surface area contributed by atoms with Crippen LogP contribution in [0, 0.1) is 19.7 Å². The minimum atomic E-state index is -0.355. The molecule has 1 N–H and O–H groups in total. The number of hydrogen-bond acceptors (Lipinski definition) is 3. The Morgan fingerprint density at radius 1 is 1.03 bits per heavy atom. The van der Waals surface area contributed by atoms with Crippen LogP contribution in [0.25, 0.3) is 11.0 Å². The first kappa shape index (κ1) is 22.5. The number of aromatic nitrogens is 2. The number of benzene rings is 3. The molecule has 6 heteroatoms. The molecule has 0 unspecified atom stereocenters. The van der Waals surface area contributed by atoms with Crippen molar-refractivity contribution in [3.05, 3.63) is 95.1 Å². The molecule has 0 aliphatic rings. The summed E-state index contributed by atoms with van der Waals surface area (Å²) in [6.45, 7) is 5.89. The van der Waals surface area contributed by atoms with Crippen LogP contribution in [0.15, 0.2) is 66.7 Å². The number of rotatable bonds is 9. The molecule has 0 saturated carbocycles. The Bertz CT molecular complexity index is 1250. The van der Waals surface area contributed by atoms with Crippen LogP contribution in [-0.4, -0.2) is 28.6 Å². The second kappa shape index (κ2) is 10.3. The highest BCUT2D eigenvalue weighted by Crippen LogP contribution is 2.21. The zero-order valence-corrected chi connectivity index (χ0v) is 19.0. The molecular formula is C27H28FN3O2. The largest absolute Gasteiger partial charge is 0.491 e. The Morgan fingerprint density at radius 2 is 1.82 bits per heavy atom. The van der Waals surface area contributed by atoms with Gasteiger partial charge in [0, 0.05) is 18.5 Å². The van der Waals surface area contributed by atoms with Gasteiger partial charge in [-0.2, -0.15) is 0 Å². The van der Waals surface area contributed by atoms with Gasteiger partial charge in [-0.1, -0.05) is 24.3 Å². The number of carbonyl (C=O) groups is 1. The van der Waals surface area contributed by atoms with Gasteiger partial charge in [0.1, 0.15) is 24.0 Å². The van der Waals surface area contributed by atoms with Gasteiger partial charge in [0.15, 0.2) is 0 Å². The predicted octanol–water partition coefficient (Wildman–Crippen LogP) is 5.23. The summed E-state index contributed by atoms with van der Waals surface area (Å²) in [7, 11) is 0. The Kier molecular flexibility index (Phi) is 7.03. The molecule has 3 aromatic carbocycles. The Morgan fingerprint density at radius 3 is 2.64 bits per heavy atom. The zero-order chi connectivity index (χ0) is 23.2. The van der Waals surface area contributed by atoms with Crippen LogP contribution in [0.2, 0.25) is 0 Å². The standard InChI is InChI=1S/C27H28FN3O2/c1-19-7-5-10-25(20(19)2)33-18-17-31-24-9-4-3-8-23(24)30-26(31)11-6-16-29-27(32)21-12-14-22(28)15-13-21/h3-5,7-10,12-15H,6,11,16-18H2,1-2H3,(H,29,32). The van der Waals surface area contributed by atoms with Crippen molar-refractivity contribution in [3.8, 4) is 5.75 Å². The van der Waals surface area contributed by atoms with Gasteiger partial charge in [-0.05, 0) is 73.9 Å². The van der Waals surface area contributed by atoms with Gasteiger partial charge in [0.2, 0.25) is 0 Å². The lowest BCUT2D eigenvalue weighted by molar-refractivity contribution is 0.0953. The molecule has 0 aliphatic heterocycles. The Hall–Kier alpha value is -3.67. The van der Waals surface area contributed by atoms with Gasteiger partial charge >= 0.3 is 0 Å². The maximum absolute atomic E-state index is 13.0. The van der Waals surface area contributed by atoms with Gasteiger partial charge in [0.25, 0.3) is 5.91 Å². The maximum atomic E-state index is 13.0. The van der Waals surface area contributed by atoms with E-state index in [0.29, 0.717) is 25.3 Å². The van der Waals surface area contributed by atoms with Crippen LogP contribution in [0.5, 0.6) is 5.75 Å². The molecule has 170 valence electrons. The molecule has 33 heavy (non-hydrogen) atoms. The fourth-order valence-corrected chi connectivity index (χ4v) is 3.84. The summed E-state index contributed by atoms with van der Waals surface area (Å²) in [4.78, 5) is 17.0. The summed E-state index contributed by atoms with van der Waals surface area (Å²) in [5.41, 5.74) is 4.85. The number of fused-ring (bicyclic) bond motifs is 1. The number of ether oxygens (including phenoxy) is 1. The molecule has 0 bridgehead atoms. The first-order chi connectivity index (χ1) is 16.0. The van der Waals surface area contributed by atoms with E-state index in [1.807, 2.05) is 30.3 Å². The highest BCUT2D eigenvalue weighted by molar-refractivity contribution is 5.94. The quantitative estimate of drug-likeness (QED) is 0.359. The van der Waals surface area contributed by atoms with Crippen molar-refractivity contribution in [2.75, 3.05) is 13.2 Å². The summed E-state index contributed by atoms with van der Waals surface area (Å²) in [6.07, 6.45) is 1.47. The number of amides is 1. The lowest BCUT2D eigenvalue weighted by Gasteiger charge is -2.13. The highest BCUT2D eigenvalue weighted by Gasteiger charge is 2.12. The summed E-state index contributed by atoms with van der Waals surface area (Å²) in [5, 5.41) is 2.89. The van der Waals surface area contributed by atoms with Crippen LogP contribution in [0.1, 0.15) is 33.7 Å². The lowest BCUT2D eigenvalue weighted by Crippen LogP contribution is -2.25. The molecule has 1 amide bonds. The van der Waals surface area contributed by atoms with E-state index in [1.54, 1.807) is 0 Å². The van der Waals surface area contributed by atoms with Crippen molar-refractivity contribution in [1.29, 1.82) is 0 Å². The first-order valence-electron chi connectivity index (χ1n) is 11.2. The average Bonchev–Trinajstić information content (AvgIpc) is 3.17. The second-order valence-electron chi connectivity index (χ2n) is 8.08. The fourth-order valence-electron chi connectivity index (χ4n) is 3.84. The number of hydrogen-bond donors (Lipinski definition) is 1. The number of para-hydroxylation sites is 2. The molecule has 0 radical (unpaired) electrons. The third-order valence-electron chi connectivity index (χ3n) is 5.83. The van der Waals surface area contributed by atoms with Crippen molar-refractivity contribution < 1.29 is 13.9 Å². The molecular weight excluding hydrogens is 417 g/mol. The molecule has 0 aliphatic carbocycles. The van der Waals surface area contributed by atoms with Crippen LogP contribution in [0.4, 0.5) is 4.39 Å². The summed E-state index contributed by atoms with van der Waals surface area (Å²) < 4.78 is 21.3. The molecule has 1 aromatic heterocycles. The van der Waals surface area contributed by atoms with Gasteiger partial charge in [0.05, 0.1) is 17.6 Å². The number of aryl methyl sites for hydroxylation is 2. The van der Waals surface area contributed by atoms with Gasteiger partial charge < -0.3 is 14.6 Å². The molecule has 5 nitrogen and oxygen atoms in total. The monoisotopic (exact) mass is 445 g/mol. The topological polar surface area (TPSA) is 56.1 Å². The van der Waals surface area contributed by atoms with E-state index in [9.17, 15) is 9.18 Å². The summed E-state index contributed by atoms with van der Waals surface area (Å²) in [5.74, 6) is 1.32. The van der Waals surface area contributed by atoms with Crippen LogP contribution in [-0.2, 0) is 13.0 Å². The Labute approximate surface area is 193 Å². The third-order valence-corrected chi connectivity index (χ3v) is 5.83. The third kappa shape index (κ3) is 5.40. The van der Waals surface area contributed by atoms with Crippen molar-refractivity contribution in [3.63, 3.8) is 0 Å². The molecule has 4 aromatic rings. The predicted molar refractivity (Wildman–Crippen MR) is 128 cm³/mol. The van der Waals surface area contributed by atoms with Crippen molar-refractivity contribution in [2.45, 2.75) is 33.2 Å². The van der Waals surface area contributed by atoms with E-state index < -0.39 is 0 Å². The van der Waals surface area contributed by atoms with Gasteiger partial charge in [-0.15, -0.1) is 0 Å². The van der Waals surface area contributed by atoms with Crippen LogP contribution in [0.3, 0.4) is 0 Å². The smallest absolute Gasteiger partial charge is 0.251 e. The van der Waals surface area contributed by atoms with E-state index in [2.05, 4.69) is 35.9 Å². The molecule has 1 heterocycles. The van der Waals surface area contributed by atoms with Gasteiger partial charge in [-0.3, -0.25) is 4.79 Å². The molecule has 0 atom stereocenters. The number of halogens is 1. The normalized spacial score (nSPS) is 11.0. The van der Waals surface area contributed by atoms with Gasteiger partial charge in [-0.25, -0.2) is 9.37 Å². The van der Waals surface area contributed by atoms with Crippen molar-refractivity contribution in [2.24, 2.45) is 0 Å². The van der Waals surface area contributed by atoms with E-state index in [1.165, 1.54) is 29.8 Å². The first-order valence-corrected chi connectivity index (χ1v) is 11.2. The van der Waals surface area contributed by atoms with E-state index >= 15 is 0 Å². The minimum absolute atomic E-state index is 0.203. The van der Waals surface area contributed by atoms with Crippen LogP contribution < -0.4 is 10.1 Å². The highest BCUT2D eigenvalue weighted by atomic mass is 19.1. The maximum Gasteiger partial charge on any atom is 0.251 e. The SMILES string of the molecule is Cc1cccc(OCCn2c(CCCNC(=O)c3ccc(F)cc3)nc3ccccc32)c1C. The summed E-state index contributed by atoms with van der Waals surface area (Å²) in [6, 6.07) is 19.7. The van der Waals surface area contributed by atoms with Crippen molar-refractivity contribution >= 4 is 16.9 Å². The number of carbonyl (C=O) groups excluding carboxylic acids is 1.